The smallest absolute Gasteiger partial charge is 0.407 e. The molecule has 1 saturated heterocycles. The van der Waals surface area contributed by atoms with Gasteiger partial charge in [0, 0.05) is 13.1 Å². The molecule has 2 rings (SSSR count). The fourth-order valence-electron chi connectivity index (χ4n) is 2.20. The average molecular weight is 256 g/mol. The number of nitriles is 1. The molecule has 1 N–H and O–H groups in total. The normalized spacial score (nSPS) is 16.5. The van der Waals surface area contributed by atoms with E-state index in [0.717, 1.165) is 18.4 Å². The van der Waals surface area contributed by atoms with Crippen LogP contribution in [0.3, 0.4) is 0 Å². The van der Waals surface area contributed by atoms with Crippen LogP contribution < -0.4 is 0 Å². The van der Waals surface area contributed by atoms with Gasteiger partial charge in [0.25, 0.3) is 0 Å². The maximum atomic E-state index is 10.8. The van der Waals surface area contributed by atoms with Gasteiger partial charge in [0.05, 0.1) is 11.6 Å². The third-order valence-electron chi connectivity index (χ3n) is 3.41. The van der Waals surface area contributed by atoms with Gasteiger partial charge < -0.3 is 10.0 Å². The minimum atomic E-state index is -0.825. The number of piperidine rings is 1. The first-order valence-electron chi connectivity index (χ1n) is 6.35. The Balaban J connectivity index is 1.89. The number of hydrogen-bond acceptors (Lipinski definition) is 2. The largest absolute Gasteiger partial charge is 0.465 e. The molecule has 1 aromatic carbocycles. The van der Waals surface area contributed by atoms with Crippen LogP contribution >= 0.6 is 0 Å². The molecule has 0 atom stereocenters. The van der Waals surface area contributed by atoms with Crippen LogP contribution in [0.5, 0.6) is 0 Å². The van der Waals surface area contributed by atoms with Gasteiger partial charge in [-0.15, -0.1) is 0 Å². The summed E-state index contributed by atoms with van der Waals surface area (Å²) >= 11 is 0. The van der Waals surface area contributed by atoms with Crippen molar-refractivity contribution < 1.29 is 9.90 Å². The van der Waals surface area contributed by atoms with Gasteiger partial charge in [-0.3, -0.25) is 0 Å². The number of amides is 1. The summed E-state index contributed by atoms with van der Waals surface area (Å²) in [5.74, 6) is 0.436. The molecule has 0 saturated carbocycles. The number of likely N-dealkylation sites (tertiary alicyclic amines) is 1. The summed E-state index contributed by atoms with van der Waals surface area (Å²) in [6, 6.07) is 9.52. The van der Waals surface area contributed by atoms with Gasteiger partial charge in [0.2, 0.25) is 0 Å². The van der Waals surface area contributed by atoms with Crippen LogP contribution in [0.4, 0.5) is 4.79 Å². The molecule has 98 valence electrons. The molecule has 0 spiro atoms. The van der Waals surface area contributed by atoms with Crippen molar-refractivity contribution in [3.8, 4) is 6.07 Å². The lowest BCUT2D eigenvalue weighted by atomic mass is 9.96. The number of benzene rings is 1. The van der Waals surface area contributed by atoms with Crippen LogP contribution in [0.15, 0.2) is 30.3 Å². The minimum Gasteiger partial charge on any atom is -0.465 e. The van der Waals surface area contributed by atoms with E-state index < -0.39 is 6.09 Å². The van der Waals surface area contributed by atoms with Gasteiger partial charge in [0.1, 0.15) is 0 Å². The molecule has 0 bridgehead atoms. The van der Waals surface area contributed by atoms with Gasteiger partial charge in [0.15, 0.2) is 0 Å². The molecule has 1 aromatic rings. The van der Waals surface area contributed by atoms with Crippen LogP contribution in [0.2, 0.25) is 0 Å². The lowest BCUT2D eigenvalue weighted by Gasteiger charge is -2.28. The molecule has 0 radical (unpaired) electrons. The van der Waals surface area contributed by atoms with Crippen molar-refractivity contribution in [1.82, 2.24) is 4.90 Å². The van der Waals surface area contributed by atoms with E-state index in [0.29, 0.717) is 24.6 Å². The summed E-state index contributed by atoms with van der Waals surface area (Å²) in [5, 5.41) is 17.6. The highest BCUT2D eigenvalue weighted by Gasteiger charge is 2.20. The van der Waals surface area contributed by atoms with E-state index >= 15 is 0 Å². The summed E-state index contributed by atoms with van der Waals surface area (Å²) < 4.78 is 0. The van der Waals surface area contributed by atoms with Crippen LogP contribution in [0.1, 0.15) is 24.0 Å². The second-order valence-corrected chi connectivity index (χ2v) is 4.70. The molecule has 19 heavy (non-hydrogen) atoms. The number of carboxylic acid groups (broad SMARTS) is 1. The molecule has 1 heterocycles. The highest BCUT2D eigenvalue weighted by Crippen LogP contribution is 2.19. The van der Waals surface area contributed by atoms with E-state index in [9.17, 15) is 4.79 Å². The molecule has 0 unspecified atom stereocenters. The van der Waals surface area contributed by atoms with E-state index in [1.165, 1.54) is 4.90 Å². The lowest BCUT2D eigenvalue weighted by Crippen LogP contribution is -2.36. The Kier molecular flexibility index (Phi) is 4.19. The SMILES string of the molecule is N#Cc1ccc(C=CC2CCN(C(=O)O)CC2)cc1. The highest BCUT2D eigenvalue weighted by molar-refractivity contribution is 5.65. The lowest BCUT2D eigenvalue weighted by molar-refractivity contribution is 0.129. The highest BCUT2D eigenvalue weighted by atomic mass is 16.4. The third-order valence-corrected chi connectivity index (χ3v) is 3.41. The summed E-state index contributed by atoms with van der Waals surface area (Å²) in [6.45, 7) is 1.22. The van der Waals surface area contributed by atoms with Crippen molar-refractivity contribution in [1.29, 1.82) is 5.26 Å². The predicted molar refractivity (Wildman–Crippen MR) is 72.5 cm³/mol. The fourth-order valence-corrected chi connectivity index (χ4v) is 2.20. The number of carbonyl (C=O) groups is 1. The zero-order chi connectivity index (χ0) is 13.7. The summed E-state index contributed by atoms with van der Waals surface area (Å²) in [6.07, 6.45) is 5.11. The Bertz CT molecular complexity index is 506. The maximum Gasteiger partial charge on any atom is 0.407 e. The van der Waals surface area contributed by atoms with Crippen molar-refractivity contribution in [2.45, 2.75) is 12.8 Å². The van der Waals surface area contributed by atoms with Gasteiger partial charge in [-0.25, -0.2) is 4.79 Å². The van der Waals surface area contributed by atoms with E-state index in [4.69, 9.17) is 10.4 Å². The molecule has 4 heteroatoms. The van der Waals surface area contributed by atoms with Gasteiger partial charge >= 0.3 is 6.09 Å². The molecule has 0 aliphatic carbocycles. The first-order chi connectivity index (χ1) is 9.19. The molecular weight excluding hydrogens is 240 g/mol. The Morgan fingerprint density at radius 1 is 1.32 bits per heavy atom. The molecule has 1 fully saturated rings. The molecule has 4 nitrogen and oxygen atoms in total. The number of nitrogens with zero attached hydrogens (tertiary/aromatic N) is 2. The second kappa shape index (κ2) is 6.05. The van der Waals surface area contributed by atoms with E-state index in [1.807, 2.05) is 18.2 Å². The van der Waals surface area contributed by atoms with E-state index in [-0.39, 0.29) is 0 Å². The monoisotopic (exact) mass is 256 g/mol. The molecular formula is C15H16N2O2. The second-order valence-electron chi connectivity index (χ2n) is 4.70. The fraction of sp³-hybridized carbons (Fsp3) is 0.333. The van der Waals surface area contributed by atoms with Crippen LogP contribution in [-0.2, 0) is 0 Å². The standard InChI is InChI=1S/C15H16N2O2/c16-11-14-5-3-12(4-6-14)1-2-13-7-9-17(10-8-13)15(18)19/h1-6,13H,7-10H2,(H,18,19). The van der Waals surface area contributed by atoms with Crippen LogP contribution in [-0.4, -0.2) is 29.2 Å². The van der Waals surface area contributed by atoms with E-state index in [1.54, 1.807) is 12.1 Å². The summed E-state index contributed by atoms with van der Waals surface area (Å²) in [4.78, 5) is 12.2. The zero-order valence-corrected chi connectivity index (χ0v) is 10.6. The maximum absolute atomic E-state index is 10.8. The van der Waals surface area contributed by atoms with Crippen LogP contribution in [0, 0.1) is 17.2 Å². The van der Waals surface area contributed by atoms with E-state index in [2.05, 4.69) is 12.1 Å². The topological polar surface area (TPSA) is 64.3 Å². The Labute approximate surface area is 112 Å². The predicted octanol–water partition coefficient (Wildman–Crippen LogP) is 2.96. The Hall–Kier alpha value is -2.28. The first kappa shape index (κ1) is 13.2. The number of hydrogen-bond donors (Lipinski definition) is 1. The summed E-state index contributed by atoms with van der Waals surface area (Å²) in [7, 11) is 0. The van der Waals surface area contributed by atoms with Crippen LogP contribution in [0.25, 0.3) is 6.08 Å². The van der Waals surface area contributed by atoms with Crippen molar-refractivity contribution in [2.75, 3.05) is 13.1 Å². The third kappa shape index (κ3) is 3.59. The molecule has 0 aromatic heterocycles. The minimum absolute atomic E-state index is 0.436. The van der Waals surface area contributed by atoms with Gasteiger partial charge in [-0.05, 0) is 36.5 Å². The molecule has 1 aliphatic rings. The van der Waals surface area contributed by atoms with Crippen molar-refractivity contribution in [3.05, 3.63) is 41.5 Å². The van der Waals surface area contributed by atoms with Crippen molar-refractivity contribution in [2.24, 2.45) is 5.92 Å². The van der Waals surface area contributed by atoms with Gasteiger partial charge in [-0.2, -0.15) is 5.26 Å². The summed E-state index contributed by atoms with van der Waals surface area (Å²) in [5.41, 5.74) is 1.73. The quantitative estimate of drug-likeness (QED) is 0.884. The van der Waals surface area contributed by atoms with Crippen molar-refractivity contribution >= 4 is 12.2 Å². The Morgan fingerprint density at radius 2 is 1.95 bits per heavy atom. The first-order valence-corrected chi connectivity index (χ1v) is 6.35. The molecule has 1 amide bonds. The Morgan fingerprint density at radius 3 is 2.47 bits per heavy atom. The van der Waals surface area contributed by atoms with Crippen molar-refractivity contribution in [3.63, 3.8) is 0 Å². The average Bonchev–Trinajstić information content (AvgIpc) is 2.46. The zero-order valence-electron chi connectivity index (χ0n) is 10.6. The van der Waals surface area contributed by atoms with Gasteiger partial charge in [-0.1, -0.05) is 24.3 Å². The molecule has 1 aliphatic heterocycles. The number of allylic oxidation sites excluding steroid dienone is 1. The number of rotatable bonds is 2.